The zero-order valence-electron chi connectivity index (χ0n) is 14.8. The van der Waals surface area contributed by atoms with Gasteiger partial charge in [0.05, 0.1) is 6.20 Å². The fourth-order valence-electron chi connectivity index (χ4n) is 3.44. The topological polar surface area (TPSA) is 67.4 Å². The first kappa shape index (κ1) is 16.0. The molecule has 3 aromatic rings. The van der Waals surface area contributed by atoms with Gasteiger partial charge >= 0.3 is 0 Å². The minimum absolute atomic E-state index is 0.652. The van der Waals surface area contributed by atoms with Gasteiger partial charge in [0.25, 0.3) is 5.78 Å². The van der Waals surface area contributed by atoms with Crippen molar-refractivity contribution in [2.24, 2.45) is 0 Å². The summed E-state index contributed by atoms with van der Waals surface area (Å²) in [4.78, 5) is 9.12. The Labute approximate surface area is 147 Å². The molecule has 0 atom stereocenters. The highest BCUT2D eigenvalue weighted by atomic mass is 15.4. The summed E-state index contributed by atoms with van der Waals surface area (Å²) in [6.45, 7) is 10.4. The van der Waals surface area contributed by atoms with E-state index in [0.717, 1.165) is 51.5 Å². The van der Waals surface area contributed by atoms with Gasteiger partial charge in [-0.25, -0.2) is 4.98 Å². The van der Waals surface area contributed by atoms with Crippen LogP contribution >= 0.6 is 0 Å². The fraction of sp³-hybridized carbons (Fsp3) is 0.529. The maximum absolute atomic E-state index is 4.52. The Morgan fingerprint density at radius 3 is 2.80 bits per heavy atom. The third kappa shape index (κ3) is 3.09. The van der Waals surface area contributed by atoms with Gasteiger partial charge in [-0.15, -0.1) is 10.2 Å². The molecule has 1 aliphatic heterocycles. The molecule has 0 aromatic carbocycles. The van der Waals surface area contributed by atoms with E-state index in [4.69, 9.17) is 0 Å². The van der Waals surface area contributed by atoms with Crippen molar-refractivity contribution in [3.8, 4) is 0 Å². The average Bonchev–Trinajstić information content (AvgIpc) is 3.24. The Balaban J connectivity index is 1.41. The van der Waals surface area contributed by atoms with Gasteiger partial charge in [0.1, 0.15) is 12.1 Å². The van der Waals surface area contributed by atoms with Crippen LogP contribution in [-0.4, -0.2) is 60.4 Å². The van der Waals surface area contributed by atoms with E-state index in [-0.39, 0.29) is 0 Å². The number of hydrogen-bond acceptors (Lipinski definition) is 6. The standard InChI is InChI=1S/C17H24N8/c1-3-6-25-14(2)15(11-20-25)12-22-7-9-23(10-8-22)16-4-5-18-17-21-19-13-24(16)17/h4-5,11,13H,3,6-10,12H2,1-2H3. The summed E-state index contributed by atoms with van der Waals surface area (Å²) >= 11 is 0. The van der Waals surface area contributed by atoms with Gasteiger partial charge in [0.2, 0.25) is 0 Å². The Morgan fingerprint density at radius 1 is 1.16 bits per heavy atom. The Hall–Kier alpha value is -2.48. The number of fused-ring (bicyclic) bond motifs is 1. The van der Waals surface area contributed by atoms with E-state index >= 15 is 0 Å². The molecule has 0 N–H and O–H groups in total. The summed E-state index contributed by atoms with van der Waals surface area (Å²) in [5, 5.41) is 12.5. The van der Waals surface area contributed by atoms with Gasteiger partial charge in [-0.3, -0.25) is 14.0 Å². The van der Waals surface area contributed by atoms with Crippen LogP contribution in [0.3, 0.4) is 0 Å². The molecule has 3 aromatic heterocycles. The molecular formula is C17H24N8. The molecule has 1 saturated heterocycles. The van der Waals surface area contributed by atoms with Gasteiger partial charge in [-0.1, -0.05) is 6.92 Å². The normalized spacial score (nSPS) is 16.0. The molecule has 25 heavy (non-hydrogen) atoms. The molecule has 0 aliphatic carbocycles. The van der Waals surface area contributed by atoms with Crippen molar-refractivity contribution in [1.29, 1.82) is 0 Å². The lowest BCUT2D eigenvalue weighted by atomic mass is 10.2. The van der Waals surface area contributed by atoms with Gasteiger partial charge in [0, 0.05) is 56.7 Å². The van der Waals surface area contributed by atoms with E-state index in [0.29, 0.717) is 5.78 Å². The van der Waals surface area contributed by atoms with Crippen molar-refractivity contribution in [3.63, 3.8) is 0 Å². The highest BCUT2D eigenvalue weighted by Crippen LogP contribution is 2.18. The first-order valence-electron chi connectivity index (χ1n) is 8.89. The van der Waals surface area contributed by atoms with Crippen LogP contribution < -0.4 is 4.90 Å². The predicted octanol–water partition coefficient (Wildman–Crippen LogP) is 1.36. The maximum Gasteiger partial charge on any atom is 0.256 e. The number of hydrogen-bond donors (Lipinski definition) is 0. The summed E-state index contributed by atoms with van der Waals surface area (Å²) in [5.41, 5.74) is 2.64. The van der Waals surface area contributed by atoms with E-state index in [2.05, 4.69) is 48.6 Å². The Bertz CT molecular complexity index is 843. The van der Waals surface area contributed by atoms with Crippen molar-refractivity contribution in [1.82, 2.24) is 34.3 Å². The summed E-state index contributed by atoms with van der Waals surface area (Å²) in [6.07, 6.45) is 6.68. The van der Waals surface area contributed by atoms with Crippen molar-refractivity contribution in [3.05, 3.63) is 36.0 Å². The smallest absolute Gasteiger partial charge is 0.256 e. The summed E-state index contributed by atoms with van der Waals surface area (Å²) in [6, 6.07) is 2.03. The van der Waals surface area contributed by atoms with Crippen LogP contribution in [0.25, 0.3) is 5.78 Å². The molecular weight excluding hydrogens is 316 g/mol. The molecule has 0 bridgehead atoms. The summed E-state index contributed by atoms with van der Waals surface area (Å²) < 4.78 is 4.07. The third-order valence-electron chi connectivity index (χ3n) is 4.92. The number of piperazine rings is 1. The maximum atomic E-state index is 4.52. The van der Waals surface area contributed by atoms with Crippen molar-refractivity contribution >= 4 is 11.6 Å². The minimum Gasteiger partial charge on any atom is -0.355 e. The molecule has 132 valence electrons. The van der Waals surface area contributed by atoms with Crippen LogP contribution in [0.2, 0.25) is 0 Å². The minimum atomic E-state index is 0.652. The molecule has 0 radical (unpaired) electrons. The van der Waals surface area contributed by atoms with Crippen LogP contribution in [0.15, 0.2) is 24.8 Å². The van der Waals surface area contributed by atoms with Crippen LogP contribution in [-0.2, 0) is 13.1 Å². The first-order valence-corrected chi connectivity index (χ1v) is 8.89. The molecule has 8 heteroatoms. The summed E-state index contributed by atoms with van der Waals surface area (Å²) in [7, 11) is 0. The van der Waals surface area contributed by atoms with Crippen molar-refractivity contribution in [2.45, 2.75) is 33.4 Å². The largest absolute Gasteiger partial charge is 0.355 e. The van der Waals surface area contributed by atoms with Gasteiger partial charge < -0.3 is 4.90 Å². The molecule has 4 heterocycles. The monoisotopic (exact) mass is 340 g/mol. The molecule has 8 nitrogen and oxygen atoms in total. The molecule has 4 rings (SSSR count). The predicted molar refractivity (Wildman–Crippen MR) is 95.5 cm³/mol. The van der Waals surface area contributed by atoms with Crippen LogP contribution in [0.1, 0.15) is 24.6 Å². The van der Waals surface area contributed by atoms with E-state index in [1.54, 1.807) is 12.5 Å². The van der Waals surface area contributed by atoms with Crippen molar-refractivity contribution in [2.75, 3.05) is 31.1 Å². The second-order valence-electron chi connectivity index (χ2n) is 6.55. The van der Waals surface area contributed by atoms with Gasteiger partial charge in [0.15, 0.2) is 0 Å². The average molecular weight is 340 g/mol. The lowest BCUT2D eigenvalue weighted by molar-refractivity contribution is 0.248. The van der Waals surface area contributed by atoms with Crippen molar-refractivity contribution < 1.29 is 0 Å². The lowest BCUT2D eigenvalue weighted by Crippen LogP contribution is -2.46. The van der Waals surface area contributed by atoms with E-state index < -0.39 is 0 Å². The number of aromatic nitrogens is 6. The lowest BCUT2D eigenvalue weighted by Gasteiger charge is -2.36. The fourth-order valence-corrected chi connectivity index (χ4v) is 3.44. The van der Waals surface area contributed by atoms with E-state index in [1.165, 1.54) is 11.3 Å². The highest BCUT2D eigenvalue weighted by Gasteiger charge is 2.20. The number of nitrogens with zero attached hydrogens (tertiary/aromatic N) is 8. The zero-order chi connectivity index (χ0) is 17.2. The molecule has 1 aliphatic rings. The number of aryl methyl sites for hydroxylation is 1. The van der Waals surface area contributed by atoms with Crippen LogP contribution in [0, 0.1) is 6.92 Å². The molecule has 0 unspecified atom stereocenters. The molecule has 0 saturated carbocycles. The van der Waals surface area contributed by atoms with E-state index in [9.17, 15) is 0 Å². The number of rotatable bonds is 5. The first-order chi connectivity index (χ1) is 12.3. The third-order valence-corrected chi connectivity index (χ3v) is 4.92. The highest BCUT2D eigenvalue weighted by molar-refractivity contribution is 5.46. The summed E-state index contributed by atoms with van der Waals surface area (Å²) in [5.74, 6) is 1.76. The Morgan fingerprint density at radius 2 is 2.00 bits per heavy atom. The molecule has 0 spiro atoms. The van der Waals surface area contributed by atoms with Crippen LogP contribution in [0.5, 0.6) is 0 Å². The second kappa shape index (κ2) is 6.79. The SMILES string of the molecule is CCCn1ncc(CN2CCN(c3ccnc4nncn34)CC2)c1C. The van der Waals surface area contributed by atoms with Crippen LogP contribution in [0.4, 0.5) is 5.82 Å². The number of anilines is 1. The molecule has 0 amide bonds. The van der Waals surface area contributed by atoms with Gasteiger partial charge in [-0.05, 0) is 19.4 Å². The van der Waals surface area contributed by atoms with Gasteiger partial charge in [-0.2, -0.15) is 5.10 Å². The Kier molecular flexibility index (Phi) is 4.35. The van der Waals surface area contributed by atoms with E-state index in [1.807, 2.05) is 16.7 Å². The quantitative estimate of drug-likeness (QED) is 0.699. The molecule has 1 fully saturated rings. The second-order valence-corrected chi connectivity index (χ2v) is 6.55. The zero-order valence-corrected chi connectivity index (χ0v) is 14.8.